The van der Waals surface area contributed by atoms with Gasteiger partial charge in [0.15, 0.2) is 11.5 Å². The van der Waals surface area contributed by atoms with Crippen LogP contribution < -0.4 is 9.80 Å². The smallest absolute Gasteiger partial charge is 0.249 e. The van der Waals surface area contributed by atoms with Crippen molar-refractivity contribution in [2.75, 3.05) is 23.4 Å². The number of rotatable bonds is 3. The van der Waals surface area contributed by atoms with E-state index in [2.05, 4.69) is 20.6 Å². The van der Waals surface area contributed by atoms with Gasteiger partial charge in [-0.25, -0.2) is 0 Å². The van der Waals surface area contributed by atoms with Crippen LogP contribution in [-0.4, -0.2) is 50.8 Å². The number of carbonyl (C=O) groups excluding carboxylic acids is 1. The second-order valence-corrected chi connectivity index (χ2v) is 5.98. The number of amides is 1. The van der Waals surface area contributed by atoms with Crippen molar-refractivity contribution in [1.82, 2.24) is 25.3 Å². The van der Waals surface area contributed by atoms with Crippen LogP contribution in [0.1, 0.15) is 6.42 Å². The van der Waals surface area contributed by atoms with E-state index in [-0.39, 0.29) is 11.9 Å². The van der Waals surface area contributed by atoms with Crippen LogP contribution >= 0.6 is 11.6 Å². The van der Waals surface area contributed by atoms with Gasteiger partial charge in [0, 0.05) is 13.6 Å². The van der Waals surface area contributed by atoms with Crippen LogP contribution in [0.25, 0.3) is 5.65 Å². The van der Waals surface area contributed by atoms with Crippen LogP contribution in [0.15, 0.2) is 36.4 Å². The quantitative estimate of drug-likeness (QED) is 0.715. The minimum absolute atomic E-state index is 0.00390. The fourth-order valence-electron chi connectivity index (χ4n) is 2.92. The molecule has 3 aromatic rings. The average Bonchev–Trinajstić information content (AvgIpc) is 3.20. The van der Waals surface area contributed by atoms with Crippen LogP contribution in [0.2, 0.25) is 5.02 Å². The maximum absolute atomic E-state index is 12.8. The van der Waals surface area contributed by atoms with Crippen LogP contribution in [0.5, 0.6) is 0 Å². The number of halogens is 1. The molecule has 3 heterocycles. The minimum Gasteiger partial charge on any atom is -0.346 e. The van der Waals surface area contributed by atoms with E-state index >= 15 is 0 Å². The van der Waals surface area contributed by atoms with Crippen molar-refractivity contribution in [3.05, 3.63) is 41.4 Å². The Morgan fingerprint density at radius 3 is 2.92 bits per heavy atom. The summed E-state index contributed by atoms with van der Waals surface area (Å²) in [6.07, 6.45) is 0.690. The first-order chi connectivity index (χ1) is 11.6. The lowest BCUT2D eigenvalue weighted by atomic mass is 10.2. The zero-order valence-corrected chi connectivity index (χ0v) is 13.6. The monoisotopic (exact) mass is 343 g/mol. The zero-order chi connectivity index (χ0) is 16.7. The van der Waals surface area contributed by atoms with E-state index in [1.54, 1.807) is 23.1 Å². The molecule has 1 aromatic carbocycles. The molecule has 24 heavy (non-hydrogen) atoms. The normalized spacial score (nSPS) is 17.7. The molecule has 1 aliphatic heterocycles. The van der Waals surface area contributed by atoms with Gasteiger partial charge in [0.05, 0.1) is 10.7 Å². The molecular formula is C15H14ClN7O. The molecule has 1 fully saturated rings. The summed E-state index contributed by atoms with van der Waals surface area (Å²) in [6.45, 7) is 0.616. The maximum Gasteiger partial charge on any atom is 0.249 e. The van der Waals surface area contributed by atoms with Crippen LogP contribution in [0, 0.1) is 0 Å². The number of hydrogen-bond donors (Lipinski definition) is 0. The van der Waals surface area contributed by atoms with Crippen LogP contribution in [0.4, 0.5) is 11.5 Å². The van der Waals surface area contributed by atoms with E-state index in [0.29, 0.717) is 29.5 Å². The first kappa shape index (κ1) is 14.8. The number of para-hydroxylation sites is 1. The number of likely N-dealkylation sites (N-methyl/N-ethyl adjacent to an activating group) is 1. The maximum atomic E-state index is 12.8. The van der Waals surface area contributed by atoms with Gasteiger partial charge in [-0.15, -0.1) is 14.8 Å². The second kappa shape index (κ2) is 5.72. The van der Waals surface area contributed by atoms with Gasteiger partial charge in [-0.05, 0) is 41.1 Å². The van der Waals surface area contributed by atoms with E-state index in [9.17, 15) is 4.79 Å². The van der Waals surface area contributed by atoms with Gasteiger partial charge >= 0.3 is 0 Å². The number of carbonyl (C=O) groups is 1. The fourth-order valence-corrected chi connectivity index (χ4v) is 3.16. The molecular weight excluding hydrogens is 330 g/mol. The van der Waals surface area contributed by atoms with Gasteiger partial charge in [-0.1, -0.05) is 23.7 Å². The van der Waals surface area contributed by atoms with Gasteiger partial charge in [0.25, 0.3) is 0 Å². The summed E-state index contributed by atoms with van der Waals surface area (Å²) in [5.41, 5.74) is 1.30. The molecule has 0 bridgehead atoms. The Labute approximate surface area is 142 Å². The summed E-state index contributed by atoms with van der Waals surface area (Å²) in [4.78, 5) is 16.4. The molecule has 0 spiro atoms. The Kier molecular flexibility index (Phi) is 3.53. The summed E-state index contributed by atoms with van der Waals surface area (Å²) in [6, 6.07) is 10.6. The Bertz CT molecular complexity index is 911. The Morgan fingerprint density at radius 1 is 1.25 bits per heavy atom. The Balaban J connectivity index is 1.60. The molecule has 2 aromatic heterocycles. The van der Waals surface area contributed by atoms with Gasteiger partial charge in [-0.2, -0.15) is 0 Å². The van der Waals surface area contributed by atoms with Gasteiger partial charge in [-0.3, -0.25) is 4.79 Å². The van der Waals surface area contributed by atoms with E-state index in [1.807, 2.05) is 30.1 Å². The van der Waals surface area contributed by atoms with Gasteiger partial charge < -0.3 is 9.80 Å². The standard InChI is InChI=1S/C15H14ClN7O/c1-21(14-7-6-13-17-19-20-23(13)18-14)12-8-9-22(15(12)24)11-5-3-2-4-10(11)16/h2-7,12H,8-9H2,1H3/t12-/m0/s1. The molecule has 1 saturated heterocycles. The summed E-state index contributed by atoms with van der Waals surface area (Å²) < 4.78 is 1.34. The lowest BCUT2D eigenvalue weighted by Gasteiger charge is -2.24. The van der Waals surface area contributed by atoms with E-state index in [4.69, 9.17) is 11.6 Å². The predicted octanol–water partition coefficient (Wildman–Crippen LogP) is 1.41. The highest BCUT2D eigenvalue weighted by molar-refractivity contribution is 6.34. The zero-order valence-electron chi connectivity index (χ0n) is 12.9. The largest absolute Gasteiger partial charge is 0.346 e. The van der Waals surface area contributed by atoms with Crippen molar-refractivity contribution in [3.63, 3.8) is 0 Å². The Hall–Kier alpha value is -2.74. The van der Waals surface area contributed by atoms with Crippen molar-refractivity contribution in [3.8, 4) is 0 Å². The molecule has 1 aliphatic rings. The first-order valence-corrected chi connectivity index (χ1v) is 7.87. The fraction of sp³-hybridized carbons (Fsp3) is 0.267. The number of anilines is 2. The third-order valence-corrected chi connectivity index (χ3v) is 4.52. The van der Waals surface area contributed by atoms with Crippen molar-refractivity contribution in [2.24, 2.45) is 0 Å². The van der Waals surface area contributed by atoms with E-state index in [0.717, 1.165) is 5.69 Å². The molecule has 0 unspecified atom stereocenters. The molecule has 1 amide bonds. The van der Waals surface area contributed by atoms with Crippen LogP contribution in [-0.2, 0) is 4.79 Å². The number of hydrogen-bond acceptors (Lipinski definition) is 6. The van der Waals surface area contributed by atoms with Gasteiger partial charge in [0.1, 0.15) is 6.04 Å². The van der Waals surface area contributed by atoms with Crippen molar-refractivity contribution in [2.45, 2.75) is 12.5 Å². The highest BCUT2D eigenvalue weighted by Gasteiger charge is 2.36. The highest BCUT2D eigenvalue weighted by Crippen LogP contribution is 2.31. The van der Waals surface area contributed by atoms with Crippen LogP contribution in [0.3, 0.4) is 0 Å². The lowest BCUT2D eigenvalue weighted by molar-refractivity contribution is -0.118. The number of fused-ring (bicyclic) bond motifs is 1. The summed E-state index contributed by atoms with van der Waals surface area (Å²) in [7, 11) is 1.84. The SMILES string of the molecule is CN(c1ccc2nnnn2n1)[C@H]1CCN(c2ccccc2Cl)C1=O. The average molecular weight is 344 g/mol. The number of benzene rings is 1. The van der Waals surface area contributed by atoms with Gasteiger partial charge in [0.2, 0.25) is 5.91 Å². The molecule has 8 nitrogen and oxygen atoms in total. The van der Waals surface area contributed by atoms with Crippen molar-refractivity contribution >= 4 is 34.7 Å². The number of aromatic nitrogens is 5. The molecule has 0 N–H and O–H groups in total. The predicted molar refractivity (Wildman–Crippen MR) is 89.2 cm³/mol. The molecule has 0 radical (unpaired) electrons. The molecule has 0 aliphatic carbocycles. The Morgan fingerprint density at radius 2 is 2.08 bits per heavy atom. The molecule has 1 atom stereocenters. The second-order valence-electron chi connectivity index (χ2n) is 5.57. The minimum atomic E-state index is -0.303. The molecule has 0 saturated carbocycles. The number of nitrogens with zero attached hydrogens (tertiary/aromatic N) is 7. The molecule has 4 rings (SSSR count). The summed E-state index contributed by atoms with van der Waals surface area (Å²) in [5.74, 6) is 0.637. The summed E-state index contributed by atoms with van der Waals surface area (Å²) in [5, 5.41) is 16.1. The summed E-state index contributed by atoms with van der Waals surface area (Å²) >= 11 is 6.22. The lowest BCUT2D eigenvalue weighted by Crippen LogP contribution is -2.40. The highest BCUT2D eigenvalue weighted by atomic mass is 35.5. The first-order valence-electron chi connectivity index (χ1n) is 7.49. The van der Waals surface area contributed by atoms with Crippen molar-refractivity contribution in [1.29, 1.82) is 0 Å². The third-order valence-electron chi connectivity index (χ3n) is 4.20. The van der Waals surface area contributed by atoms with Crippen molar-refractivity contribution < 1.29 is 4.79 Å². The van der Waals surface area contributed by atoms with E-state index in [1.165, 1.54) is 4.63 Å². The van der Waals surface area contributed by atoms with E-state index < -0.39 is 0 Å². The molecule has 9 heteroatoms. The molecule has 122 valence electrons. The number of tetrazole rings is 1. The third kappa shape index (κ3) is 2.35. The topological polar surface area (TPSA) is 79.5 Å².